The van der Waals surface area contributed by atoms with Gasteiger partial charge in [-0.2, -0.15) is 23.1 Å². The molecule has 212 valence electrons. The minimum Gasteiger partial charge on any atom is -0.480 e. The molecule has 40 heavy (non-hydrogen) atoms. The van der Waals surface area contributed by atoms with Crippen LogP contribution >= 0.6 is 0 Å². The lowest BCUT2D eigenvalue weighted by Gasteiger charge is -2.43. The van der Waals surface area contributed by atoms with Crippen molar-refractivity contribution in [2.75, 3.05) is 23.7 Å². The van der Waals surface area contributed by atoms with Crippen molar-refractivity contribution < 1.29 is 27.8 Å². The summed E-state index contributed by atoms with van der Waals surface area (Å²) in [5.41, 5.74) is 6.79. The highest BCUT2D eigenvalue weighted by atomic mass is 19.4. The van der Waals surface area contributed by atoms with Crippen LogP contribution < -0.4 is 20.7 Å². The number of anilines is 2. The molecule has 5 rings (SSSR count). The van der Waals surface area contributed by atoms with Gasteiger partial charge in [0.1, 0.15) is 11.9 Å². The van der Waals surface area contributed by atoms with Gasteiger partial charge >= 0.3 is 12.1 Å². The van der Waals surface area contributed by atoms with Crippen molar-refractivity contribution in [1.29, 1.82) is 0 Å². The Bertz CT molecular complexity index is 1350. The SMILES string of the molecule is CCC1NC(C(=O)O)CC12CCN(c1cc(O[C@H](c3ccccc3-c3ccccc3)C(F)(F)F)nc(N)n1)CC2. The molecule has 2 aromatic carbocycles. The van der Waals surface area contributed by atoms with Crippen molar-refractivity contribution in [3.8, 4) is 17.0 Å². The van der Waals surface area contributed by atoms with Gasteiger partial charge in [-0.15, -0.1) is 0 Å². The van der Waals surface area contributed by atoms with E-state index in [1.54, 1.807) is 48.5 Å². The quantitative estimate of drug-likeness (QED) is 0.364. The summed E-state index contributed by atoms with van der Waals surface area (Å²) in [6.07, 6.45) is -4.21. The van der Waals surface area contributed by atoms with Gasteiger partial charge in [-0.05, 0) is 42.2 Å². The largest absolute Gasteiger partial charge is 0.480 e. The van der Waals surface area contributed by atoms with Crippen molar-refractivity contribution in [2.45, 2.75) is 57.0 Å². The topological polar surface area (TPSA) is 114 Å². The van der Waals surface area contributed by atoms with Crippen LogP contribution in [0.1, 0.15) is 44.3 Å². The summed E-state index contributed by atoms with van der Waals surface area (Å²) < 4.78 is 48.8. The number of ether oxygens (including phenoxy) is 1. The van der Waals surface area contributed by atoms with Gasteiger partial charge in [0, 0.05) is 30.8 Å². The van der Waals surface area contributed by atoms with E-state index in [1.807, 2.05) is 11.8 Å². The Morgan fingerprint density at radius 3 is 2.48 bits per heavy atom. The molecule has 8 nitrogen and oxygen atoms in total. The number of halogens is 3. The van der Waals surface area contributed by atoms with Crippen LogP contribution in [0.15, 0.2) is 60.7 Å². The van der Waals surface area contributed by atoms with Gasteiger partial charge in [0.25, 0.3) is 0 Å². The molecule has 11 heteroatoms. The van der Waals surface area contributed by atoms with E-state index in [2.05, 4.69) is 15.3 Å². The van der Waals surface area contributed by atoms with Crippen LogP contribution in [-0.4, -0.2) is 52.4 Å². The Hall–Kier alpha value is -3.86. The maximum Gasteiger partial charge on any atom is 0.429 e. The molecule has 0 bridgehead atoms. The number of benzene rings is 2. The van der Waals surface area contributed by atoms with Crippen molar-refractivity contribution >= 4 is 17.7 Å². The molecule has 2 aliphatic heterocycles. The van der Waals surface area contributed by atoms with E-state index < -0.39 is 24.3 Å². The Morgan fingerprint density at radius 2 is 1.82 bits per heavy atom. The lowest BCUT2D eigenvalue weighted by atomic mass is 9.71. The number of carboxylic acid groups (broad SMARTS) is 1. The van der Waals surface area contributed by atoms with Crippen molar-refractivity contribution in [3.05, 3.63) is 66.2 Å². The van der Waals surface area contributed by atoms with Crippen molar-refractivity contribution in [2.24, 2.45) is 5.41 Å². The van der Waals surface area contributed by atoms with Crippen LogP contribution in [-0.2, 0) is 4.79 Å². The van der Waals surface area contributed by atoms with Gasteiger partial charge < -0.3 is 25.8 Å². The molecule has 1 aromatic heterocycles. The first-order valence-electron chi connectivity index (χ1n) is 13.4. The van der Waals surface area contributed by atoms with Crippen LogP contribution in [0.5, 0.6) is 5.88 Å². The van der Waals surface area contributed by atoms with Crippen molar-refractivity contribution in [3.63, 3.8) is 0 Å². The highest BCUT2D eigenvalue weighted by Gasteiger charge is 2.50. The third-order valence-corrected chi connectivity index (χ3v) is 8.11. The molecule has 2 aliphatic rings. The highest BCUT2D eigenvalue weighted by molar-refractivity contribution is 5.74. The Kier molecular flexibility index (Phi) is 7.59. The molecule has 0 saturated carbocycles. The minimum absolute atomic E-state index is 0.0350. The van der Waals surface area contributed by atoms with E-state index in [0.717, 1.165) is 19.3 Å². The first-order valence-corrected chi connectivity index (χ1v) is 13.4. The number of nitrogens with zero attached hydrogens (tertiary/aromatic N) is 3. The molecular formula is C29H32F3N5O3. The Balaban J connectivity index is 1.39. The first kappa shape index (κ1) is 27.7. The van der Waals surface area contributed by atoms with Crippen LogP contribution in [0, 0.1) is 5.41 Å². The molecule has 2 unspecified atom stereocenters. The summed E-state index contributed by atoms with van der Waals surface area (Å²) in [4.78, 5) is 21.8. The fraction of sp³-hybridized carbons (Fsp3) is 0.414. The van der Waals surface area contributed by atoms with E-state index in [0.29, 0.717) is 36.5 Å². The maximum absolute atomic E-state index is 14.4. The fourth-order valence-corrected chi connectivity index (χ4v) is 6.16. The molecule has 3 atom stereocenters. The fourth-order valence-electron chi connectivity index (χ4n) is 6.16. The highest BCUT2D eigenvalue weighted by Crippen LogP contribution is 2.46. The lowest BCUT2D eigenvalue weighted by Crippen LogP contribution is -2.46. The molecule has 3 heterocycles. The second kappa shape index (κ2) is 11.0. The molecule has 0 amide bonds. The van der Waals surface area contributed by atoms with E-state index in [4.69, 9.17) is 10.5 Å². The zero-order chi connectivity index (χ0) is 28.5. The predicted molar refractivity (Wildman–Crippen MR) is 145 cm³/mol. The number of alkyl halides is 3. The van der Waals surface area contributed by atoms with Gasteiger partial charge in [0.2, 0.25) is 17.9 Å². The summed E-state index contributed by atoms with van der Waals surface area (Å²) in [6, 6.07) is 16.0. The zero-order valence-corrected chi connectivity index (χ0v) is 22.1. The summed E-state index contributed by atoms with van der Waals surface area (Å²) >= 11 is 0. The van der Waals surface area contributed by atoms with E-state index in [1.165, 1.54) is 12.1 Å². The third-order valence-electron chi connectivity index (χ3n) is 8.11. The van der Waals surface area contributed by atoms with E-state index in [9.17, 15) is 23.1 Å². The molecule has 0 aliphatic carbocycles. The number of rotatable bonds is 7. The maximum atomic E-state index is 14.4. The summed E-state index contributed by atoms with van der Waals surface area (Å²) in [5, 5.41) is 12.8. The molecule has 0 radical (unpaired) electrons. The monoisotopic (exact) mass is 555 g/mol. The normalized spacial score (nSPS) is 21.4. The summed E-state index contributed by atoms with van der Waals surface area (Å²) in [7, 11) is 0. The van der Waals surface area contributed by atoms with Crippen molar-refractivity contribution in [1.82, 2.24) is 15.3 Å². The molecule has 1 spiro atoms. The number of aliphatic carboxylic acids is 1. The third kappa shape index (κ3) is 5.56. The average molecular weight is 556 g/mol. The first-order chi connectivity index (χ1) is 19.1. The number of piperidine rings is 1. The van der Waals surface area contributed by atoms with Crippen LogP contribution in [0.25, 0.3) is 11.1 Å². The molecule has 4 N–H and O–H groups in total. The van der Waals surface area contributed by atoms with E-state index in [-0.39, 0.29) is 28.8 Å². The number of carbonyl (C=O) groups is 1. The van der Waals surface area contributed by atoms with Gasteiger partial charge in [0.05, 0.1) is 0 Å². The molecular weight excluding hydrogens is 523 g/mol. The smallest absolute Gasteiger partial charge is 0.429 e. The van der Waals surface area contributed by atoms with Crippen LogP contribution in [0.3, 0.4) is 0 Å². The van der Waals surface area contributed by atoms with Gasteiger partial charge in [-0.1, -0.05) is 61.5 Å². The Labute approximate surface area is 230 Å². The van der Waals surface area contributed by atoms with Crippen LogP contribution in [0.4, 0.5) is 24.9 Å². The minimum atomic E-state index is -4.73. The standard InChI is InChI=1S/C29H32F3N5O3/c1-2-22-28(17-21(34-22)26(38)39)12-14-37(15-13-28)23-16-24(36-27(33)35-23)40-25(29(30,31)32)20-11-7-6-10-19(20)18-8-4-3-5-9-18/h3-11,16,21-22,25,34H,2,12-15,17H2,1H3,(H,38,39)(H2,33,35,36)/t21?,22?,25-/m1/s1. The predicted octanol–water partition coefficient (Wildman–Crippen LogP) is 5.22. The number of nitrogens with two attached hydrogens (primary N) is 1. The Morgan fingerprint density at radius 1 is 1.15 bits per heavy atom. The number of hydrogen-bond donors (Lipinski definition) is 3. The number of aromatic nitrogens is 2. The number of carboxylic acids is 1. The van der Waals surface area contributed by atoms with Gasteiger partial charge in [-0.3, -0.25) is 4.79 Å². The lowest BCUT2D eigenvalue weighted by molar-refractivity contribution is -0.198. The van der Waals surface area contributed by atoms with Crippen LogP contribution in [0.2, 0.25) is 0 Å². The zero-order valence-electron chi connectivity index (χ0n) is 22.1. The number of nitrogen functional groups attached to an aromatic ring is 1. The molecule has 2 fully saturated rings. The summed E-state index contributed by atoms with van der Waals surface area (Å²) in [5.74, 6) is -0.933. The molecule has 3 aromatic rings. The van der Waals surface area contributed by atoms with E-state index >= 15 is 0 Å². The van der Waals surface area contributed by atoms with Gasteiger partial charge in [0.15, 0.2) is 0 Å². The number of nitrogens with one attached hydrogen (secondary N) is 1. The number of hydrogen-bond acceptors (Lipinski definition) is 7. The van der Waals surface area contributed by atoms with Gasteiger partial charge in [-0.25, -0.2) is 0 Å². The summed E-state index contributed by atoms with van der Waals surface area (Å²) in [6.45, 7) is 3.15. The average Bonchev–Trinajstić information content (AvgIpc) is 3.30. The second-order valence-corrected chi connectivity index (χ2v) is 10.5. The molecule has 2 saturated heterocycles. The second-order valence-electron chi connectivity index (χ2n) is 10.5.